The molecule has 1 fully saturated rings. The number of hydrogen-bond acceptors (Lipinski definition) is 4. The van der Waals surface area contributed by atoms with Gasteiger partial charge in [0.25, 0.3) is 5.91 Å². The zero-order chi connectivity index (χ0) is 15.7. The van der Waals surface area contributed by atoms with Crippen LogP contribution in [0.3, 0.4) is 0 Å². The van der Waals surface area contributed by atoms with E-state index < -0.39 is 0 Å². The number of aryl methyl sites for hydroxylation is 1. The molecule has 22 heavy (non-hydrogen) atoms. The lowest BCUT2D eigenvalue weighted by Gasteiger charge is -2.14. The molecule has 0 spiro atoms. The van der Waals surface area contributed by atoms with Gasteiger partial charge in [-0.15, -0.1) is 0 Å². The van der Waals surface area contributed by atoms with Gasteiger partial charge in [0.05, 0.1) is 10.6 Å². The molecule has 1 aliphatic heterocycles. The molecule has 0 saturated carbocycles. The van der Waals surface area contributed by atoms with Gasteiger partial charge in [0.1, 0.15) is 5.76 Å². The number of halogens is 1. The van der Waals surface area contributed by atoms with Crippen LogP contribution in [-0.2, 0) is 11.2 Å². The van der Waals surface area contributed by atoms with Gasteiger partial charge in [-0.3, -0.25) is 9.69 Å². The number of amides is 1. The van der Waals surface area contributed by atoms with E-state index in [1.54, 1.807) is 23.1 Å². The first kappa shape index (κ1) is 15.5. The van der Waals surface area contributed by atoms with E-state index in [2.05, 4.69) is 22.9 Å². The molecule has 1 aromatic carbocycles. The summed E-state index contributed by atoms with van der Waals surface area (Å²) in [7, 11) is 0. The van der Waals surface area contributed by atoms with Crippen LogP contribution in [-0.4, -0.2) is 10.2 Å². The highest BCUT2D eigenvalue weighted by molar-refractivity contribution is 9.10. The molecule has 3 rings (SSSR count). The lowest BCUT2D eigenvalue weighted by atomic mass is 10.1. The van der Waals surface area contributed by atoms with Gasteiger partial charge in [0, 0.05) is 6.08 Å². The molecule has 112 valence electrons. The van der Waals surface area contributed by atoms with E-state index in [-0.39, 0.29) is 5.91 Å². The summed E-state index contributed by atoms with van der Waals surface area (Å²) in [5, 5.41) is 0. The predicted molar refractivity (Wildman–Crippen MR) is 97.9 cm³/mol. The average molecular weight is 394 g/mol. The van der Waals surface area contributed by atoms with Crippen LogP contribution in [0.25, 0.3) is 6.08 Å². The Labute approximate surface area is 146 Å². The number of hydrogen-bond donors (Lipinski definition) is 0. The van der Waals surface area contributed by atoms with Crippen molar-refractivity contribution in [3.63, 3.8) is 0 Å². The minimum Gasteiger partial charge on any atom is -0.450 e. The standard InChI is InChI=1S/C16H12BrNO2S2/c1-2-10-3-5-11(6-4-10)18-15(19)13(22-16(18)21)9-12-7-8-14(17)20-12/h3-9H,2H2,1H3/b13-9+. The molecule has 2 heterocycles. The van der Waals surface area contributed by atoms with E-state index in [0.717, 1.165) is 12.1 Å². The van der Waals surface area contributed by atoms with Crippen molar-refractivity contribution < 1.29 is 9.21 Å². The first-order chi connectivity index (χ1) is 10.6. The van der Waals surface area contributed by atoms with E-state index in [1.165, 1.54) is 17.3 Å². The summed E-state index contributed by atoms with van der Waals surface area (Å²) < 4.78 is 6.58. The van der Waals surface area contributed by atoms with Gasteiger partial charge in [0.15, 0.2) is 8.99 Å². The molecule has 1 saturated heterocycles. The Morgan fingerprint density at radius 3 is 2.59 bits per heavy atom. The van der Waals surface area contributed by atoms with Gasteiger partial charge >= 0.3 is 0 Å². The number of thiocarbonyl (C=S) groups is 1. The Balaban J connectivity index is 1.89. The summed E-state index contributed by atoms with van der Waals surface area (Å²) in [4.78, 5) is 14.7. The molecule has 0 atom stereocenters. The fourth-order valence-electron chi connectivity index (χ4n) is 2.11. The summed E-state index contributed by atoms with van der Waals surface area (Å²) in [5.74, 6) is 0.500. The second-order valence-electron chi connectivity index (χ2n) is 4.68. The van der Waals surface area contributed by atoms with Crippen molar-refractivity contribution in [1.82, 2.24) is 0 Å². The van der Waals surface area contributed by atoms with Crippen molar-refractivity contribution >= 4 is 61.9 Å². The topological polar surface area (TPSA) is 33.5 Å². The van der Waals surface area contributed by atoms with Gasteiger partial charge in [-0.2, -0.15) is 0 Å². The first-order valence-electron chi connectivity index (χ1n) is 6.70. The second kappa shape index (κ2) is 6.40. The second-order valence-corrected chi connectivity index (χ2v) is 7.14. The Morgan fingerprint density at radius 2 is 2.00 bits per heavy atom. The summed E-state index contributed by atoms with van der Waals surface area (Å²) in [6.45, 7) is 2.10. The Morgan fingerprint density at radius 1 is 1.27 bits per heavy atom. The number of nitrogens with zero attached hydrogens (tertiary/aromatic N) is 1. The lowest BCUT2D eigenvalue weighted by molar-refractivity contribution is -0.113. The summed E-state index contributed by atoms with van der Waals surface area (Å²) in [6.07, 6.45) is 2.68. The third kappa shape index (κ3) is 3.04. The van der Waals surface area contributed by atoms with Crippen molar-refractivity contribution in [1.29, 1.82) is 0 Å². The number of carbonyl (C=O) groups is 1. The molecule has 0 N–H and O–H groups in total. The van der Waals surface area contributed by atoms with Gasteiger partial charge < -0.3 is 4.42 Å². The molecule has 6 heteroatoms. The smallest absolute Gasteiger partial charge is 0.270 e. The first-order valence-corrected chi connectivity index (χ1v) is 8.72. The largest absolute Gasteiger partial charge is 0.450 e. The zero-order valence-corrected chi connectivity index (χ0v) is 14.9. The molecule has 3 nitrogen and oxygen atoms in total. The van der Waals surface area contributed by atoms with Crippen LogP contribution in [0.4, 0.5) is 5.69 Å². The van der Waals surface area contributed by atoms with Crippen LogP contribution in [0.5, 0.6) is 0 Å². The van der Waals surface area contributed by atoms with Crippen LogP contribution in [0.15, 0.2) is 50.4 Å². The zero-order valence-electron chi connectivity index (χ0n) is 11.7. The molecule has 2 aromatic rings. The average Bonchev–Trinajstić information content (AvgIpc) is 3.03. The number of furan rings is 1. The van der Waals surface area contributed by atoms with Crippen LogP contribution >= 0.6 is 39.9 Å². The predicted octanol–water partition coefficient (Wildman–Crippen LogP) is 5.01. The van der Waals surface area contributed by atoms with Gasteiger partial charge in [-0.1, -0.05) is 43.0 Å². The molecule has 1 aliphatic rings. The Bertz CT molecular complexity index is 765. The molecular weight excluding hydrogens is 382 g/mol. The number of carbonyl (C=O) groups excluding carboxylic acids is 1. The minimum absolute atomic E-state index is 0.119. The fraction of sp³-hybridized carbons (Fsp3) is 0.125. The monoisotopic (exact) mass is 393 g/mol. The lowest BCUT2D eigenvalue weighted by Crippen LogP contribution is -2.27. The van der Waals surface area contributed by atoms with Crippen molar-refractivity contribution in [2.24, 2.45) is 0 Å². The van der Waals surface area contributed by atoms with Gasteiger partial charge in [-0.05, 0) is 52.2 Å². The van der Waals surface area contributed by atoms with Crippen LogP contribution in [0.1, 0.15) is 18.2 Å². The van der Waals surface area contributed by atoms with E-state index in [0.29, 0.717) is 19.7 Å². The maximum absolute atomic E-state index is 12.6. The number of benzene rings is 1. The van der Waals surface area contributed by atoms with Crippen molar-refractivity contribution in [3.8, 4) is 0 Å². The number of rotatable bonds is 3. The number of thioether (sulfide) groups is 1. The van der Waals surface area contributed by atoms with E-state index in [4.69, 9.17) is 16.6 Å². The highest BCUT2D eigenvalue weighted by Crippen LogP contribution is 2.36. The normalized spacial score (nSPS) is 16.8. The summed E-state index contributed by atoms with van der Waals surface area (Å²) in [6, 6.07) is 11.5. The molecule has 0 radical (unpaired) electrons. The Hall–Kier alpha value is -1.37. The highest BCUT2D eigenvalue weighted by Gasteiger charge is 2.33. The van der Waals surface area contributed by atoms with E-state index in [9.17, 15) is 4.79 Å². The fourth-order valence-corrected chi connectivity index (χ4v) is 3.70. The number of anilines is 1. The third-order valence-corrected chi connectivity index (χ3v) is 4.99. The Kier molecular flexibility index (Phi) is 4.52. The van der Waals surface area contributed by atoms with Gasteiger partial charge in [-0.25, -0.2) is 0 Å². The van der Waals surface area contributed by atoms with Crippen LogP contribution in [0, 0.1) is 0 Å². The quantitative estimate of drug-likeness (QED) is 0.541. The summed E-state index contributed by atoms with van der Waals surface area (Å²) >= 11 is 9.88. The SMILES string of the molecule is CCc1ccc(N2C(=O)/C(=C\c3ccc(Br)o3)SC2=S)cc1. The molecule has 0 unspecified atom stereocenters. The minimum atomic E-state index is -0.119. The molecule has 1 aromatic heterocycles. The molecule has 1 amide bonds. The third-order valence-electron chi connectivity index (χ3n) is 3.26. The molecular formula is C16H12BrNO2S2. The van der Waals surface area contributed by atoms with Crippen molar-refractivity contribution in [2.45, 2.75) is 13.3 Å². The molecule has 0 bridgehead atoms. The van der Waals surface area contributed by atoms with Crippen molar-refractivity contribution in [3.05, 3.63) is 57.3 Å². The highest BCUT2D eigenvalue weighted by atomic mass is 79.9. The maximum Gasteiger partial charge on any atom is 0.270 e. The maximum atomic E-state index is 12.6. The van der Waals surface area contributed by atoms with Crippen LogP contribution in [0.2, 0.25) is 0 Å². The summed E-state index contributed by atoms with van der Waals surface area (Å²) in [5.41, 5.74) is 2.02. The van der Waals surface area contributed by atoms with Crippen molar-refractivity contribution in [2.75, 3.05) is 4.90 Å². The van der Waals surface area contributed by atoms with E-state index >= 15 is 0 Å². The molecule has 0 aliphatic carbocycles. The van der Waals surface area contributed by atoms with E-state index in [1.807, 2.05) is 24.3 Å². The van der Waals surface area contributed by atoms with Crippen LogP contribution < -0.4 is 4.90 Å². The van der Waals surface area contributed by atoms with Gasteiger partial charge in [0.2, 0.25) is 0 Å².